The zero-order valence-electron chi connectivity index (χ0n) is 15.0. The zero-order chi connectivity index (χ0) is 20.3. The van der Waals surface area contributed by atoms with Gasteiger partial charge in [-0.15, -0.1) is 0 Å². The van der Waals surface area contributed by atoms with Crippen LogP contribution in [0.25, 0.3) is 0 Å². The second kappa shape index (κ2) is 5.75. The maximum absolute atomic E-state index is 13.0. The van der Waals surface area contributed by atoms with Gasteiger partial charge in [0, 0.05) is 28.8 Å². The molecule has 0 saturated carbocycles. The van der Waals surface area contributed by atoms with Gasteiger partial charge >= 0.3 is 5.97 Å². The molecule has 2 aliphatic rings. The van der Waals surface area contributed by atoms with E-state index in [2.05, 4.69) is 0 Å². The number of carbonyl (C=O) groups is 2. The van der Waals surface area contributed by atoms with Crippen LogP contribution in [0.15, 0.2) is 54.6 Å². The van der Waals surface area contributed by atoms with Gasteiger partial charge < -0.3 is 25.4 Å². The lowest BCUT2D eigenvalue weighted by Crippen LogP contribution is -2.32. The highest BCUT2D eigenvalue weighted by molar-refractivity contribution is 5.99. The summed E-state index contributed by atoms with van der Waals surface area (Å²) in [7, 11) is 0. The SMILES string of the molecule is NC(=O)Cc1cccc2c1C(=O)OC21c2ccc(O)cc2Oc2cc(O)ccc21. The number of hydrogen-bond acceptors (Lipinski definition) is 6. The first-order chi connectivity index (χ1) is 13.9. The van der Waals surface area contributed by atoms with Gasteiger partial charge in [-0.3, -0.25) is 4.79 Å². The lowest BCUT2D eigenvalue weighted by atomic mass is 9.77. The Morgan fingerprint density at radius 2 is 1.55 bits per heavy atom. The van der Waals surface area contributed by atoms with Crippen molar-refractivity contribution in [1.82, 2.24) is 0 Å². The van der Waals surface area contributed by atoms with Gasteiger partial charge in [-0.25, -0.2) is 4.79 Å². The highest BCUT2D eigenvalue weighted by Gasteiger charge is 2.54. The van der Waals surface area contributed by atoms with Crippen molar-refractivity contribution >= 4 is 11.9 Å². The van der Waals surface area contributed by atoms with Crippen LogP contribution < -0.4 is 10.5 Å². The maximum atomic E-state index is 13.0. The number of hydrogen-bond donors (Lipinski definition) is 3. The van der Waals surface area contributed by atoms with Crippen molar-refractivity contribution in [3.63, 3.8) is 0 Å². The van der Waals surface area contributed by atoms with Crippen LogP contribution in [0.4, 0.5) is 0 Å². The van der Waals surface area contributed by atoms with Gasteiger partial charge in [-0.05, 0) is 29.8 Å². The summed E-state index contributed by atoms with van der Waals surface area (Å²) in [5.74, 6) is -0.594. The highest BCUT2D eigenvalue weighted by Crippen LogP contribution is 2.57. The summed E-state index contributed by atoms with van der Waals surface area (Å²) in [6.07, 6.45) is -0.101. The highest BCUT2D eigenvalue weighted by atomic mass is 16.6. The fraction of sp³-hybridized carbons (Fsp3) is 0.0909. The van der Waals surface area contributed by atoms with Gasteiger partial charge in [-0.2, -0.15) is 0 Å². The van der Waals surface area contributed by atoms with Gasteiger partial charge in [0.15, 0.2) is 5.60 Å². The molecular formula is C22H15NO6. The molecule has 0 aromatic heterocycles. The van der Waals surface area contributed by atoms with Crippen LogP contribution in [0.3, 0.4) is 0 Å². The van der Waals surface area contributed by atoms with E-state index in [0.29, 0.717) is 33.8 Å². The number of fused-ring (bicyclic) bond motifs is 6. The molecule has 144 valence electrons. The molecule has 0 aliphatic carbocycles. The predicted molar refractivity (Wildman–Crippen MR) is 101 cm³/mol. The third kappa shape index (κ3) is 2.30. The minimum atomic E-state index is -1.34. The summed E-state index contributed by atoms with van der Waals surface area (Å²) in [5, 5.41) is 19.8. The summed E-state index contributed by atoms with van der Waals surface area (Å²) in [6, 6.07) is 14.2. The largest absolute Gasteiger partial charge is 0.508 e. The maximum Gasteiger partial charge on any atom is 0.340 e. The number of aromatic hydroxyl groups is 2. The Morgan fingerprint density at radius 1 is 0.931 bits per heavy atom. The second-order valence-corrected chi connectivity index (χ2v) is 7.02. The van der Waals surface area contributed by atoms with E-state index in [-0.39, 0.29) is 23.5 Å². The molecule has 0 radical (unpaired) electrons. The number of nitrogens with two attached hydrogens (primary N) is 1. The van der Waals surface area contributed by atoms with Gasteiger partial charge in [0.1, 0.15) is 23.0 Å². The Kier molecular flexibility index (Phi) is 3.39. The molecule has 0 atom stereocenters. The van der Waals surface area contributed by atoms with Gasteiger partial charge in [-0.1, -0.05) is 18.2 Å². The Bertz CT molecular complexity index is 1160. The third-order valence-corrected chi connectivity index (χ3v) is 5.25. The van der Waals surface area contributed by atoms with Crippen LogP contribution in [0.2, 0.25) is 0 Å². The van der Waals surface area contributed by atoms with Crippen LogP contribution in [0.1, 0.15) is 32.6 Å². The average Bonchev–Trinajstić information content (AvgIpc) is 2.95. The Labute approximate surface area is 164 Å². The first kappa shape index (κ1) is 17.1. The summed E-state index contributed by atoms with van der Waals surface area (Å²) >= 11 is 0. The number of esters is 1. The van der Waals surface area contributed by atoms with Crippen molar-refractivity contribution in [1.29, 1.82) is 0 Å². The smallest absolute Gasteiger partial charge is 0.340 e. The fourth-order valence-corrected chi connectivity index (χ4v) is 4.15. The van der Waals surface area contributed by atoms with Crippen molar-refractivity contribution in [3.8, 4) is 23.0 Å². The van der Waals surface area contributed by atoms with Gasteiger partial charge in [0.25, 0.3) is 0 Å². The molecule has 5 rings (SSSR count). The number of phenolic OH excluding ortho intramolecular Hbond substituents is 2. The number of primary amides is 1. The van der Waals surface area contributed by atoms with E-state index in [4.69, 9.17) is 15.2 Å². The van der Waals surface area contributed by atoms with Crippen molar-refractivity contribution in [2.24, 2.45) is 5.73 Å². The summed E-state index contributed by atoms with van der Waals surface area (Å²) in [4.78, 5) is 24.5. The standard InChI is InChI=1S/C22H15NO6/c23-19(26)8-11-2-1-3-16-20(11)21(27)29-22(16)14-6-4-12(24)9-17(14)28-18-10-13(25)5-7-15(18)22/h1-7,9-10,24-25H,8H2,(H2,23,26). The van der Waals surface area contributed by atoms with Crippen molar-refractivity contribution in [3.05, 3.63) is 82.4 Å². The molecule has 1 spiro atoms. The van der Waals surface area contributed by atoms with E-state index in [1.807, 2.05) is 0 Å². The van der Waals surface area contributed by atoms with E-state index >= 15 is 0 Å². The van der Waals surface area contributed by atoms with Crippen LogP contribution in [0.5, 0.6) is 23.0 Å². The molecule has 7 heteroatoms. The van der Waals surface area contributed by atoms with Gasteiger partial charge in [0.2, 0.25) is 5.91 Å². The van der Waals surface area contributed by atoms with Crippen LogP contribution in [0, 0.1) is 0 Å². The molecule has 1 amide bonds. The Balaban J connectivity index is 1.86. The molecule has 7 nitrogen and oxygen atoms in total. The molecule has 4 N–H and O–H groups in total. The lowest BCUT2D eigenvalue weighted by molar-refractivity contribution is -0.117. The molecule has 3 aromatic rings. The topological polar surface area (TPSA) is 119 Å². The van der Waals surface area contributed by atoms with E-state index in [1.54, 1.807) is 30.3 Å². The molecule has 0 saturated heterocycles. The monoisotopic (exact) mass is 389 g/mol. The van der Waals surface area contributed by atoms with E-state index in [1.165, 1.54) is 24.3 Å². The molecule has 0 unspecified atom stereocenters. The lowest BCUT2D eigenvalue weighted by Gasteiger charge is -2.36. The fourth-order valence-electron chi connectivity index (χ4n) is 4.15. The molecule has 0 bridgehead atoms. The van der Waals surface area contributed by atoms with E-state index in [0.717, 1.165) is 0 Å². The third-order valence-electron chi connectivity index (χ3n) is 5.25. The van der Waals surface area contributed by atoms with Crippen LogP contribution in [-0.2, 0) is 21.6 Å². The average molecular weight is 389 g/mol. The van der Waals surface area contributed by atoms with Crippen molar-refractivity contribution in [2.75, 3.05) is 0 Å². The number of ether oxygens (including phenoxy) is 2. The quantitative estimate of drug-likeness (QED) is 0.580. The molecule has 2 aliphatic heterocycles. The molecule has 0 fully saturated rings. The Hall–Kier alpha value is -4.00. The van der Waals surface area contributed by atoms with Crippen molar-refractivity contribution < 1.29 is 29.3 Å². The van der Waals surface area contributed by atoms with E-state index < -0.39 is 17.5 Å². The minimum Gasteiger partial charge on any atom is -0.508 e. The number of carbonyl (C=O) groups excluding carboxylic acids is 2. The zero-order valence-corrected chi connectivity index (χ0v) is 15.0. The number of rotatable bonds is 2. The normalized spacial score (nSPS) is 15.1. The number of benzene rings is 3. The van der Waals surface area contributed by atoms with Crippen LogP contribution >= 0.6 is 0 Å². The predicted octanol–water partition coefficient (Wildman–Crippen LogP) is 2.69. The molecule has 29 heavy (non-hydrogen) atoms. The number of amides is 1. The first-order valence-corrected chi connectivity index (χ1v) is 8.89. The second-order valence-electron chi connectivity index (χ2n) is 7.02. The summed E-state index contributed by atoms with van der Waals surface area (Å²) < 4.78 is 11.9. The van der Waals surface area contributed by atoms with Crippen molar-refractivity contribution in [2.45, 2.75) is 12.0 Å². The molecule has 2 heterocycles. The molecular weight excluding hydrogens is 374 g/mol. The summed E-state index contributed by atoms with van der Waals surface area (Å²) in [5.41, 5.74) is 6.36. The summed E-state index contributed by atoms with van der Waals surface area (Å²) in [6.45, 7) is 0. The van der Waals surface area contributed by atoms with E-state index in [9.17, 15) is 19.8 Å². The first-order valence-electron chi connectivity index (χ1n) is 8.89. The minimum absolute atomic E-state index is 0.0190. The van der Waals surface area contributed by atoms with Gasteiger partial charge in [0.05, 0.1) is 12.0 Å². The molecule has 3 aromatic carbocycles. The Morgan fingerprint density at radius 3 is 2.14 bits per heavy atom. The number of phenols is 2. The van der Waals surface area contributed by atoms with Crippen LogP contribution in [-0.4, -0.2) is 22.1 Å².